The van der Waals surface area contributed by atoms with Crippen molar-refractivity contribution in [2.45, 2.75) is 13.0 Å². The number of aromatic nitrogens is 1. The topological polar surface area (TPSA) is 114 Å². The zero-order valence-corrected chi connectivity index (χ0v) is 17.0. The van der Waals surface area contributed by atoms with E-state index in [2.05, 4.69) is 40.3 Å². The van der Waals surface area contributed by atoms with Crippen LogP contribution in [0, 0.1) is 0 Å². The molecule has 0 aliphatic carbocycles. The second-order valence-electron chi connectivity index (χ2n) is 7.29. The van der Waals surface area contributed by atoms with Gasteiger partial charge >= 0.3 is 11.9 Å². The van der Waals surface area contributed by atoms with Crippen LogP contribution in [-0.2, 0) is 27.3 Å². The number of hydrogen-bond acceptors (Lipinski definition) is 4. The highest BCUT2D eigenvalue weighted by Crippen LogP contribution is 2.20. The molecule has 3 N–H and O–H groups in total. The molecular formula is C23H25N3O5. The van der Waals surface area contributed by atoms with Crippen molar-refractivity contribution < 1.29 is 24.6 Å². The predicted octanol–water partition coefficient (Wildman–Crippen LogP) is 2.21. The fraction of sp³-hybridized carbons (Fsp3) is 0.261. The van der Waals surface area contributed by atoms with E-state index >= 15 is 0 Å². The quantitative estimate of drug-likeness (QED) is 0.555. The maximum atomic E-state index is 12.5. The average molecular weight is 423 g/mol. The predicted molar refractivity (Wildman–Crippen MR) is 116 cm³/mol. The summed E-state index contributed by atoms with van der Waals surface area (Å²) >= 11 is 0. The van der Waals surface area contributed by atoms with Gasteiger partial charge < -0.3 is 20.1 Å². The molecule has 0 unspecified atom stereocenters. The number of nitrogens with one attached hydrogen (secondary N) is 1. The number of nitrogens with zero attached hydrogens (tertiary/aromatic N) is 2. The van der Waals surface area contributed by atoms with Crippen LogP contribution in [-0.4, -0.2) is 69.0 Å². The van der Waals surface area contributed by atoms with Crippen LogP contribution in [0.5, 0.6) is 0 Å². The van der Waals surface area contributed by atoms with E-state index in [-0.39, 0.29) is 5.91 Å². The second kappa shape index (κ2) is 10.4. The lowest BCUT2D eigenvalue weighted by atomic mass is 10.1. The number of piperazine rings is 1. The van der Waals surface area contributed by atoms with E-state index in [0.29, 0.717) is 6.42 Å². The Balaban J connectivity index is 0.000000401. The molecule has 0 bridgehead atoms. The summed E-state index contributed by atoms with van der Waals surface area (Å²) < 4.78 is 0. The van der Waals surface area contributed by atoms with Crippen LogP contribution >= 0.6 is 0 Å². The number of hydrogen-bond donors (Lipinski definition) is 3. The Bertz CT molecular complexity index is 1030. The maximum absolute atomic E-state index is 12.5. The van der Waals surface area contributed by atoms with E-state index in [1.165, 1.54) is 16.5 Å². The number of aliphatic carboxylic acids is 2. The minimum absolute atomic E-state index is 0.234. The third kappa shape index (κ3) is 6.16. The molecular weight excluding hydrogens is 398 g/mol. The molecule has 0 radical (unpaired) electrons. The Labute approximate surface area is 179 Å². The molecule has 1 saturated heterocycles. The number of carboxylic acid groups (broad SMARTS) is 2. The number of carbonyl (C=O) groups is 3. The van der Waals surface area contributed by atoms with Crippen LogP contribution in [0.15, 0.2) is 60.8 Å². The van der Waals surface area contributed by atoms with Gasteiger partial charge in [-0.2, -0.15) is 0 Å². The molecule has 2 aromatic carbocycles. The van der Waals surface area contributed by atoms with Crippen molar-refractivity contribution in [1.82, 2.24) is 14.8 Å². The highest BCUT2D eigenvalue weighted by molar-refractivity contribution is 6.27. The monoisotopic (exact) mass is 423 g/mol. The summed E-state index contributed by atoms with van der Waals surface area (Å²) in [5.74, 6) is -3.41. The largest absolute Gasteiger partial charge is 0.473 e. The Morgan fingerprint density at radius 1 is 0.839 bits per heavy atom. The zero-order chi connectivity index (χ0) is 22.2. The van der Waals surface area contributed by atoms with Crippen molar-refractivity contribution in [1.29, 1.82) is 0 Å². The summed E-state index contributed by atoms with van der Waals surface area (Å²) in [4.78, 5) is 38.4. The van der Waals surface area contributed by atoms with Crippen LogP contribution in [0.4, 0.5) is 0 Å². The lowest BCUT2D eigenvalue weighted by molar-refractivity contribution is -0.159. The van der Waals surface area contributed by atoms with Gasteiger partial charge in [0.1, 0.15) is 0 Å². The third-order valence-electron chi connectivity index (χ3n) is 5.17. The van der Waals surface area contributed by atoms with Gasteiger partial charge in [-0.25, -0.2) is 9.59 Å². The minimum atomic E-state index is -1.82. The molecule has 0 spiro atoms. The molecule has 3 aromatic rings. The molecule has 1 aliphatic rings. The molecule has 0 saturated carbocycles. The number of para-hydroxylation sites is 1. The molecule has 8 nitrogen and oxygen atoms in total. The van der Waals surface area contributed by atoms with Gasteiger partial charge in [-0.1, -0.05) is 48.5 Å². The van der Waals surface area contributed by atoms with Gasteiger partial charge in [0, 0.05) is 49.8 Å². The molecule has 1 amide bonds. The van der Waals surface area contributed by atoms with Crippen molar-refractivity contribution in [3.8, 4) is 0 Å². The summed E-state index contributed by atoms with van der Waals surface area (Å²) in [5.41, 5.74) is 3.61. The lowest BCUT2D eigenvalue weighted by Gasteiger charge is -2.34. The first-order chi connectivity index (χ1) is 14.9. The molecule has 1 aliphatic heterocycles. The first-order valence-corrected chi connectivity index (χ1v) is 9.99. The van der Waals surface area contributed by atoms with E-state index in [4.69, 9.17) is 19.8 Å². The Morgan fingerprint density at radius 2 is 1.45 bits per heavy atom. The van der Waals surface area contributed by atoms with Crippen molar-refractivity contribution in [2.75, 3.05) is 26.2 Å². The molecule has 8 heteroatoms. The molecule has 162 valence electrons. The van der Waals surface area contributed by atoms with E-state index in [1.54, 1.807) is 0 Å². The first kappa shape index (κ1) is 22.0. The summed E-state index contributed by atoms with van der Waals surface area (Å²) in [6.45, 7) is 4.42. The van der Waals surface area contributed by atoms with Gasteiger partial charge in [0.2, 0.25) is 5.91 Å². The second-order valence-corrected chi connectivity index (χ2v) is 7.29. The van der Waals surface area contributed by atoms with Crippen LogP contribution in [0.25, 0.3) is 10.9 Å². The SMILES string of the molecule is O=C(Cc1ccccc1)N1CCN(Cc2c[nH]c3ccccc23)CC1.O=C(O)C(=O)O. The third-order valence-corrected chi connectivity index (χ3v) is 5.17. The van der Waals surface area contributed by atoms with Crippen molar-refractivity contribution >= 4 is 28.7 Å². The number of benzene rings is 2. The molecule has 1 fully saturated rings. The Hall–Kier alpha value is -3.65. The lowest BCUT2D eigenvalue weighted by Crippen LogP contribution is -2.48. The van der Waals surface area contributed by atoms with E-state index in [9.17, 15) is 4.79 Å². The fourth-order valence-electron chi connectivity index (χ4n) is 3.54. The van der Waals surface area contributed by atoms with Gasteiger partial charge in [0.05, 0.1) is 6.42 Å². The van der Waals surface area contributed by atoms with Gasteiger partial charge in [-0.05, 0) is 17.2 Å². The number of amides is 1. The first-order valence-electron chi connectivity index (χ1n) is 9.99. The van der Waals surface area contributed by atoms with Crippen molar-refractivity contribution in [3.05, 3.63) is 71.9 Å². The Morgan fingerprint density at radius 3 is 2.10 bits per heavy atom. The molecule has 31 heavy (non-hydrogen) atoms. The normalized spacial score (nSPS) is 14.0. The highest BCUT2D eigenvalue weighted by Gasteiger charge is 2.21. The molecule has 0 atom stereocenters. The smallest absolute Gasteiger partial charge is 0.414 e. The van der Waals surface area contributed by atoms with Gasteiger partial charge in [0.15, 0.2) is 0 Å². The summed E-state index contributed by atoms with van der Waals surface area (Å²) in [6.07, 6.45) is 2.61. The van der Waals surface area contributed by atoms with E-state index < -0.39 is 11.9 Å². The van der Waals surface area contributed by atoms with Crippen molar-refractivity contribution in [3.63, 3.8) is 0 Å². The molecule has 4 rings (SSSR count). The van der Waals surface area contributed by atoms with E-state index in [0.717, 1.165) is 38.3 Å². The van der Waals surface area contributed by atoms with Crippen LogP contribution in [0.2, 0.25) is 0 Å². The number of aromatic amines is 1. The van der Waals surface area contributed by atoms with Crippen LogP contribution < -0.4 is 0 Å². The average Bonchev–Trinajstić information content (AvgIpc) is 3.18. The standard InChI is InChI=1S/C21H23N3O.C2H2O4/c25-21(14-17-6-2-1-3-7-17)24-12-10-23(11-13-24)16-18-15-22-20-9-5-4-8-19(18)20;3-1(4)2(5)6/h1-9,15,22H,10-14,16H2;(H,3,4)(H,5,6). The Kier molecular flexibility index (Phi) is 7.40. The zero-order valence-electron chi connectivity index (χ0n) is 17.0. The molecule has 2 heterocycles. The summed E-state index contributed by atoms with van der Waals surface area (Å²) in [6, 6.07) is 18.4. The van der Waals surface area contributed by atoms with Crippen molar-refractivity contribution in [2.24, 2.45) is 0 Å². The molecule has 1 aromatic heterocycles. The summed E-state index contributed by atoms with van der Waals surface area (Å²) in [5, 5.41) is 16.1. The summed E-state index contributed by atoms with van der Waals surface area (Å²) in [7, 11) is 0. The van der Waals surface area contributed by atoms with Gasteiger partial charge in [-0.3, -0.25) is 9.69 Å². The maximum Gasteiger partial charge on any atom is 0.414 e. The van der Waals surface area contributed by atoms with Gasteiger partial charge in [0.25, 0.3) is 0 Å². The number of carbonyl (C=O) groups excluding carboxylic acids is 1. The number of carboxylic acids is 2. The highest BCUT2D eigenvalue weighted by atomic mass is 16.4. The van der Waals surface area contributed by atoms with E-state index in [1.807, 2.05) is 35.2 Å². The van der Waals surface area contributed by atoms with Gasteiger partial charge in [-0.15, -0.1) is 0 Å². The fourth-order valence-corrected chi connectivity index (χ4v) is 3.54. The number of H-pyrrole nitrogens is 1. The van der Waals surface area contributed by atoms with Crippen LogP contribution in [0.3, 0.4) is 0 Å². The van der Waals surface area contributed by atoms with Crippen LogP contribution in [0.1, 0.15) is 11.1 Å². The minimum Gasteiger partial charge on any atom is -0.473 e. The number of rotatable bonds is 4. The number of fused-ring (bicyclic) bond motifs is 1.